The first-order chi connectivity index (χ1) is 6.07. The van der Waals surface area contributed by atoms with Gasteiger partial charge >= 0.3 is 0 Å². The fourth-order valence-corrected chi connectivity index (χ4v) is 1.35. The van der Waals surface area contributed by atoms with E-state index in [9.17, 15) is 0 Å². The molecule has 0 aliphatic carbocycles. The Hall–Kier alpha value is -0.260. The van der Waals surface area contributed by atoms with E-state index < -0.39 is 0 Å². The van der Waals surface area contributed by atoms with Crippen molar-refractivity contribution >= 4 is 0 Å². The second-order valence-electron chi connectivity index (χ2n) is 3.95. The number of hydrogen-bond acceptors (Lipinski definition) is 0. The Morgan fingerprint density at radius 1 is 1.00 bits per heavy atom. The number of rotatable bonds is 4. The van der Waals surface area contributed by atoms with Crippen molar-refractivity contribution in [2.75, 3.05) is 0 Å². The maximum absolute atomic E-state index is 2.29. The molecular weight excluding hydrogens is 180 g/mol. The molecule has 0 N–H and O–H groups in total. The van der Waals surface area contributed by atoms with Gasteiger partial charge in [-0.15, -0.1) is 0 Å². The first-order valence-electron chi connectivity index (χ1n) is 5.73. The van der Waals surface area contributed by atoms with E-state index in [2.05, 4.69) is 34.6 Å². The lowest BCUT2D eigenvalue weighted by atomic mass is 9.96. The van der Waals surface area contributed by atoms with Gasteiger partial charge < -0.3 is 0 Å². The van der Waals surface area contributed by atoms with Crippen LogP contribution in [0.3, 0.4) is 0 Å². The Labute approximate surface area is 100 Å². The minimum atomic E-state index is 0. The molecule has 0 bridgehead atoms. The summed E-state index contributed by atoms with van der Waals surface area (Å²) < 4.78 is 0. The lowest BCUT2D eigenvalue weighted by molar-refractivity contribution is 0.616. The van der Waals surface area contributed by atoms with Gasteiger partial charge in [0.25, 0.3) is 0 Å². The molecule has 0 rings (SSSR count). The SMILES string of the molecule is C.C.CC.CCCC(CC(C)C)=C(C)C. The van der Waals surface area contributed by atoms with Crippen LogP contribution in [-0.4, -0.2) is 0 Å². The van der Waals surface area contributed by atoms with Gasteiger partial charge in [0.05, 0.1) is 0 Å². The Morgan fingerprint density at radius 2 is 1.40 bits per heavy atom. The third-order valence-electron chi connectivity index (χ3n) is 1.91. The molecule has 0 saturated heterocycles. The van der Waals surface area contributed by atoms with Gasteiger partial charge in [0.1, 0.15) is 0 Å². The second kappa shape index (κ2) is 16.2. The van der Waals surface area contributed by atoms with E-state index in [0.717, 1.165) is 5.92 Å². The van der Waals surface area contributed by atoms with Gasteiger partial charge in [-0.25, -0.2) is 0 Å². The summed E-state index contributed by atoms with van der Waals surface area (Å²) in [6, 6.07) is 0. The van der Waals surface area contributed by atoms with Crippen LogP contribution in [0.2, 0.25) is 0 Å². The average molecular weight is 216 g/mol. The highest BCUT2D eigenvalue weighted by molar-refractivity contribution is 5.09. The fraction of sp³-hybridized carbons (Fsp3) is 0.867. The number of allylic oxidation sites excluding steroid dienone is 2. The molecule has 0 amide bonds. The Kier molecular flexibility index (Phi) is 26.0. The Bertz CT molecular complexity index is 125. The summed E-state index contributed by atoms with van der Waals surface area (Å²) in [5.74, 6) is 0.812. The average Bonchev–Trinajstić information content (AvgIpc) is 2.06. The van der Waals surface area contributed by atoms with Crippen molar-refractivity contribution in [2.45, 2.75) is 82.6 Å². The van der Waals surface area contributed by atoms with E-state index in [1.165, 1.54) is 24.8 Å². The molecule has 0 aromatic carbocycles. The van der Waals surface area contributed by atoms with Crippen LogP contribution >= 0.6 is 0 Å². The molecule has 15 heavy (non-hydrogen) atoms. The molecule has 0 nitrogen and oxygen atoms in total. The van der Waals surface area contributed by atoms with E-state index in [-0.39, 0.29) is 14.9 Å². The molecule has 0 heteroatoms. The molecule has 0 unspecified atom stereocenters. The summed E-state index contributed by atoms with van der Waals surface area (Å²) in [7, 11) is 0. The molecule has 0 fully saturated rings. The van der Waals surface area contributed by atoms with E-state index in [0.29, 0.717) is 0 Å². The largest absolute Gasteiger partial charge is 0.0776 e. The summed E-state index contributed by atoms with van der Waals surface area (Å²) in [6.07, 6.45) is 3.86. The van der Waals surface area contributed by atoms with E-state index >= 15 is 0 Å². The van der Waals surface area contributed by atoms with E-state index in [1.54, 1.807) is 5.57 Å². The van der Waals surface area contributed by atoms with Crippen molar-refractivity contribution in [1.82, 2.24) is 0 Å². The first-order valence-corrected chi connectivity index (χ1v) is 5.73. The standard InChI is InChI=1S/C11H22.C2H6.2CH4/c1-6-7-11(10(4)5)8-9(2)3;1-2;;/h9H,6-8H2,1-5H3;1-2H3;2*1H4. The minimum Gasteiger partial charge on any atom is -0.0776 e. The zero-order chi connectivity index (χ0) is 10.9. The van der Waals surface area contributed by atoms with Crippen LogP contribution in [0, 0.1) is 5.92 Å². The van der Waals surface area contributed by atoms with E-state index in [1.807, 2.05) is 13.8 Å². The summed E-state index contributed by atoms with van der Waals surface area (Å²) in [5.41, 5.74) is 3.20. The second-order valence-corrected chi connectivity index (χ2v) is 3.95. The summed E-state index contributed by atoms with van der Waals surface area (Å²) >= 11 is 0. The molecule has 0 atom stereocenters. The highest BCUT2D eigenvalue weighted by atomic mass is 14.1. The van der Waals surface area contributed by atoms with Crippen LogP contribution < -0.4 is 0 Å². The third kappa shape index (κ3) is 16.4. The summed E-state index contributed by atoms with van der Waals surface area (Å²) in [4.78, 5) is 0. The van der Waals surface area contributed by atoms with Crippen molar-refractivity contribution in [2.24, 2.45) is 5.92 Å². The zero-order valence-electron chi connectivity index (χ0n) is 10.7. The van der Waals surface area contributed by atoms with Crippen LogP contribution in [0.5, 0.6) is 0 Å². The van der Waals surface area contributed by atoms with Gasteiger partial charge in [0.15, 0.2) is 0 Å². The van der Waals surface area contributed by atoms with Crippen molar-refractivity contribution < 1.29 is 0 Å². The van der Waals surface area contributed by atoms with Gasteiger partial charge in [0, 0.05) is 0 Å². The monoisotopic (exact) mass is 216 g/mol. The molecule has 0 radical (unpaired) electrons. The molecular formula is C15H36. The molecule has 0 saturated carbocycles. The molecule has 0 spiro atoms. The van der Waals surface area contributed by atoms with Crippen LogP contribution in [0.15, 0.2) is 11.1 Å². The van der Waals surface area contributed by atoms with Crippen molar-refractivity contribution in [3.05, 3.63) is 11.1 Å². The van der Waals surface area contributed by atoms with Crippen molar-refractivity contribution in [1.29, 1.82) is 0 Å². The topological polar surface area (TPSA) is 0 Å². The predicted octanol–water partition coefficient (Wildman–Crippen LogP) is 6.47. The smallest absolute Gasteiger partial charge is 0.0295 e. The first kappa shape index (κ1) is 24.1. The maximum atomic E-state index is 2.29. The van der Waals surface area contributed by atoms with Gasteiger partial charge in [-0.05, 0) is 32.6 Å². The molecule has 0 heterocycles. The van der Waals surface area contributed by atoms with Crippen LogP contribution in [0.4, 0.5) is 0 Å². The highest BCUT2D eigenvalue weighted by Crippen LogP contribution is 2.19. The molecule has 0 aliphatic rings. The van der Waals surface area contributed by atoms with Gasteiger partial charge in [0.2, 0.25) is 0 Å². The molecule has 0 aromatic rings. The third-order valence-corrected chi connectivity index (χ3v) is 1.91. The van der Waals surface area contributed by atoms with Crippen molar-refractivity contribution in [3.8, 4) is 0 Å². The minimum absolute atomic E-state index is 0. The lowest BCUT2D eigenvalue weighted by Gasteiger charge is -2.11. The van der Waals surface area contributed by atoms with E-state index in [4.69, 9.17) is 0 Å². The zero-order valence-corrected chi connectivity index (χ0v) is 10.7. The van der Waals surface area contributed by atoms with Gasteiger partial charge in [-0.3, -0.25) is 0 Å². The molecule has 0 aromatic heterocycles. The summed E-state index contributed by atoms with van der Waals surface area (Å²) in [5, 5.41) is 0. The highest BCUT2D eigenvalue weighted by Gasteiger charge is 2.01. The van der Waals surface area contributed by atoms with Crippen LogP contribution in [-0.2, 0) is 0 Å². The lowest BCUT2D eigenvalue weighted by Crippen LogP contribution is -1.93. The molecule has 0 aliphatic heterocycles. The summed E-state index contributed by atoms with van der Waals surface area (Å²) in [6.45, 7) is 15.3. The normalized spacial score (nSPS) is 8.00. The van der Waals surface area contributed by atoms with Crippen molar-refractivity contribution in [3.63, 3.8) is 0 Å². The Balaban J connectivity index is -0.000000142. The van der Waals surface area contributed by atoms with Crippen LogP contribution in [0.1, 0.15) is 82.6 Å². The van der Waals surface area contributed by atoms with Crippen LogP contribution in [0.25, 0.3) is 0 Å². The van der Waals surface area contributed by atoms with Gasteiger partial charge in [-0.2, -0.15) is 0 Å². The fourth-order valence-electron chi connectivity index (χ4n) is 1.35. The predicted molar refractivity (Wildman–Crippen MR) is 77.5 cm³/mol. The maximum Gasteiger partial charge on any atom is -0.0295 e. The molecule has 96 valence electrons. The number of hydrogen-bond donors (Lipinski definition) is 0. The van der Waals surface area contributed by atoms with Gasteiger partial charge in [-0.1, -0.05) is 67.0 Å². The Morgan fingerprint density at radius 3 is 1.60 bits per heavy atom. The quantitative estimate of drug-likeness (QED) is 0.473.